The Kier molecular flexibility index (Phi) is 7.76. The lowest BCUT2D eigenvalue weighted by Crippen LogP contribution is -2.33. The summed E-state index contributed by atoms with van der Waals surface area (Å²) in [5.74, 6) is 0.904. The fraction of sp³-hybridized carbons (Fsp3) is 0.286. The molecule has 8 nitrogen and oxygen atoms in total. The Hall–Kier alpha value is -2.62. The number of nitrogens with zero attached hydrogens (tertiary/aromatic N) is 4. The molecule has 0 bridgehead atoms. The lowest BCUT2D eigenvalue weighted by Gasteiger charge is -2.22. The van der Waals surface area contributed by atoms with Gasteiger partial charge in [-0.1, -0.05) is 60.9 Å². The predicted molar refractivity (Wildman–Crippen MR) is 125 cm³/mol. The summed E-state index contributed by atoms with van der Waals surface area (Å²) in [6.07, 6.45) is 0. The van der Waals surface area contributed by atoms with Crippen molar-refractivity contribution in [1.29, 1.82) is 0 Å². The monoisotopic (exact) mass is 493 g/mol. The summed E-state index contributed by atoms with van der Waals surface area (Å²) in [5.41, 5.74) is 1.31. The molecule has 0 spiro atoms. The molecule has 1 N–H and O–H groups in total. The van der Waals surface area contributed by atoms with Crippen LogP contribution in [0, 0.1) is 16.0 Å². The molecular formula is C21H21Cl2N5O3S. The van der Waals surface area contributed by atoms with E-state index in [9.17, 15) is 14.9 Å². The molecule has 0 fully saturated rings. The zero-order valence-corrected chi connectivity index (χ0v) is 19.9. The van der Waals surface area contributed by atoms with E-state index in [1.165, 1.54) is 30.0 Å². The van der Waals surface area contributed by atoms with Crippen LogP contribution in [-0.4, -0.2) is 25.6 Å². The van der Waals surface area contributed by atoms with Crippen LogP contribution in [0.3, 0.4) is 0 Å². The average molecular weight is 494 g/mol. The van der Waals surface area contributed by atoms with E-state index in [1.54, 1.807) is 24.3 Å². The molecule has 1 atom stereocenters. The van der Waals surface area contributed by atoms with E-state index < -0.39 is 4.92 Å². The smallest absolute Gasteiger partial charge is 0.269 e. The fourth-order valence-electron chi connectivity index (χ4n) is 3.01. The Morgan fingerprint density at radius 2 is 1.88 bits per heavy atom. The summed E-state index contributed by atoms with van der Waals surface area (Å²) < 4.78 is 1.84. The first kappa shape index (κ1) is 24.0. The van der Waals surface area contributed by atoms with Crippen LogP contribution >= 0.6 is 35.0 Å². The van der Waals surface area contributed by atoms with Crippen LogP contribution in [0.25, 0.3) is 0 Å². The molecule has 0 unspecified atom stereocenters. The molecule has 2 aromatic carbocycles. The van der Waals surface area contributed by atoms with Crippen molar-refractivity contribution >= 4 is 46.6 Å². The van der Waals surface area contributed by atoms with Crippen molar-refractivity contribution in [3.8, 4) is 0 Å². The molecule has 1 heterocycles. The number of aromatic nitrogens is 3. The van der Waals surface area contributed by atoms with Gasteiger partial charge in [0.2, 0.25) is 0 Å². The Morgan fingerprint density at radius 3 is 2.47 bits per heavy atom. The number of nitro groups is 1. The van der Waals surface area contributed by atoms with Crippen molar-refractivity contribution in [1.82, 2.24) is 20.1 Å². The van der Waals surface area contributed by atoms with Gasteiger partial charge in [0, 0.05) is 30.0 Å². The molecule has 3 rings (SSSR count). The molecule has 0 aliphatic heterocycles. The highest BCUT2D eigenvalue weighted by atomic mass is 35.5. The normalized spacial score (nSPS) is 12.1. The predicted octanol–water partition coefficient (Wildman–Crippen LogP) is 5.45. The van der Waals surface area contributed by atoms with Gasteiger partial charge in [0.1, 0.15) is 0 Å². The number of carbonyl (C=O) groups excluding carboxylic acids is 1. The summed E-state index contributed by atoms with van der Waals surface area (Å²) in [6, 6.07) is 10.7. The highest BCUT2D eigenvalue weighted by Crippen LogP contribution is 2.28. The number of hydrogen-bond donors (Lipinski definition) is 1. The Balaban J connectivity index is 1.74. The first-order chi connectivity index (χ1) is 15.2. The maximum absolute atomic E-state index is 12.8. The molecule has 3 aromatic rings. The van der Waals surface area contributed by atoms with E-state index in [-0.39, 0.29) is 28.6 Å². The standard InChI is InChI=1S/C21H21Cl2N5O3S/c1-12(2)18(24-20(29)16-9-6-14(22)10-17(16)23)19-25-26-21(27(19)3)32-11-13-4-7-15(8-5-13)28(30)31/h4-10,12,18H,11H2,1-3H3,(H,24,29)/t18-/m1/s1. The van der Waals surface area contributed by atoms with Gasteiger partial charge in [-0.2, -0.15) is 0 Å². The molecule has 32 heavy (non-hydrogen) atoms. The molecule has 0 radical (unpaired) electrons. The SMILES string of the molecule is CC(C)[C@@H](NC(=O)c1ccc(Cl)cc1Cl)c1nnc(SCc2ccc([N+](=O)[O-])cc2)n1C. The highest BCUT2D eigenvalue weighted by molar-refractivity contribution is 7.98. The van der Waals surface area contributed by atoms with Gasteiger partial charge in [0.15, 0.2) is 11.0 Å². The van der Waals surface area contributed by atoms with Crippen LogP contribution in [0.4, 0.5) is 5.69 Å². The zero-order valence-electron chi connectivity index (χ0n) is 17.6. The van der Waals surface area contributed by atoms with Crippen molar-refractivity contribution in [2.45, 2.75) is 30.8 Å². The molecule has 0 saturated carbocycles. The Labute approximate surface area is 199 Å². The summed E-state index contributed by atoms with van der Waals surface area (Å²) in [5, 5.41) is 23.7. The maximum atomic E-state index is 12.8. The molecule has 11 heteroatoms. The number of carbonyl (C=O) groups is 1. The fourth-order valence-corrected chi connectivity index (χ4v) is 4.37. The first-order valence-electron chi connectivity index (χ1n) is 9.68. The number of thioether (sulfide) groups is 1. The second-order valence-corrected chi connectivity index (χ2v) is 9.22. The Morgan fingerprint density at radius 1 is 1.19 bits per heavy atom. The lowest BCUT2D eigenvalue weighted by atomic mass is 10.0. The number of benzene rings is 2. The molecule has 168 valence electrons. The minimum atomic E-state index is -0.427. The number of nitrogens with one attached hydrogen (secondary N) is 1. The van der Waals surface area contributed by atoms with E-state index in [0.29, 0.717) is 27.3 Å². The number of rotatable bonds is 8. The topological polar surface area (TPSA) is 103 Å². The van der Waals surface area contributed by atoms with Crippen molar-refractivity contribution in [3.63, 3.8) is 0 Å². The van der Waals surface area contributed by atoms with Crippen LogP contribution < -0.4 is 5.32 Å². The molecule has 0 aliphatic carbocycles. The summed E-state index contributed by atoms with van der Waals surface area (Å²) >= 11 is 13.6. The van der Waals surface area contributed by atoms with Crippen LogP contribution in [-0.2, 0) is 12.8 Å². The molecular weight excluding hydrogens is 473 g/mol. The van der Waals surface area contributed by atoms with Crippen molar-refractivity contribution < 1.29 is 9.72 Å². The summed E-state index contributed by atoms with van der Waals surface area (Å²) in [7, 11) is 1.84. The number of non-ortho nitro benzene ring substituents is 1. The number of hydrogen-bond acceptors (Lipinski definition) is 6. The summed E-state index contributed by atoms with van der Waals surface area (Å²) in [6.45, 7) is 3.96. The molecule has 1 aromatic heterocycles. The van der Waals surface area contributed by atoms with Gasteiger partial charge in [-0.15, -0.1) is 10.2 Å². The number of amides is 1. The van der Waals surface area contributed by atoms with Gasteiger partial charge in [0.05, 0.1) is 21.6 Å². The first-order valence-corrected chi connectivity index (χ1v) is 11.4. The van der Waals surface area contributed by atoms with Crippen LogP contribution in [0.5, 0.6) is 0 Å². The van der Waals surface area contributed by atoms with E-state index in [1.807, 2.05) is 25.5 Å². The quantitative estimate of drug-likeness (QED) is 0.254. The summed E-state index contributed by atoms with van der Waals surface area (Å²) in [4.78, 5) is 23.2. The van der Waals surface area contributed by atoms with E-state index in [2.05, 4.69) is 15.5 Å². The van der Waals surface area contributed by atoms with Crippen LogP contribution in [0.1, 0.15) is 41.6 Å². The van der Waals surface area contributed by atoms with Gasteiger partial charge in [-0.05, 0) is 29.7 Å². The van der Waals surface area contributed by atoms with E-state index in [4.69, 9.17) is 23.2 Å². The molecule has 1 amide bonds. The van der Waals surface area contributed by atoms with Crippen molar-refractivity contribution in [2.24, 2.45) is 13.0 Å². The maximum Gasteiger partial charge on any atom is 0.269 e. The third-order valence-corrected chi connectivity index (χ3v) is 6.43. The third-order valence-electron chi connectivity index (χ3n) is 4.79. The Bertz CT molecular complexity index is 1130. The van der Waals surface area contributed by atoms with Crippen molar-refractivity contribution in [2.75, 3.05) is 0 Å². The highest BCUT2D eigenvalue weighted by Gasteiger charge is 2.26. The average Bonchev–Trinajstić information content (AvgIpc) is 3.10. The van der Waals surface area contributed by atoms with Gasteiger partial charge in [0.25, 0.3) is 11.6 Å². The van der Waals surface area contributed by atoms with Gasteiger partial charge < -0.3 is 9.88 Å². The van der Waals surface area contributed by atoms with E-state index in [0.717, 1.165) is 5.56 Å². The molecule has 0 aliphatic rings. The van der Waals surface area contributed by atoms with Gasteiger partial charge in [-0.25, -0.2) is 0 Å². The van der Waals surface area contributed by atoms with E-state index >= 15 is 0 Å². The second-order valence-electron chi connectivity index (χ2n) is 7.43. The third kappa shape index (κ3) is 5.59. The second kappa shape index (κ2) is 10.3. The van der Waals surface area contributed by atoms with Crippen LogP contribution in [0.15, 0.2) is 47.6 Å². The van der Waals surface area contributed by atoms with Gasteiger partial charge in [-0.3, -0.25) is 14.9 Å². The van der Waals surface area contributed by atoms with Gasteiger partial charge >= 0.3 is 0 Å². The van der Waals surface area contributed by atoms with Crippen LogP contribution in [0.2, 0.25) is 10.0 Å². The largest absolute Gasteiger partial charge is 0.342 e. The minimum absolute atomic E-state index is 0.0421. The zero-order chi connectivity index (χ0) is 23.4. The number of halogens is 2. The number of nitro benzene ring substituents is 1. The van der Waals surface area contributed by atoms with Crippen molar-refractivity contribution in [3.05, 3.63) is 79.6 Å². The minimum Gasteiger partial charge on any atom is -0.342 e. The molecule has 0 saturated heterocycles. The lowest BCUT2D eigenvalue weighted by molar-refractivity contribution is -0.384.